The minimum atomic E-state index is 0.902. The highest BCUT2D eigenvalue weighted by Gasteiger charge is 2.05. The predicted molar refractivity (Wildman–Crippen MR) is 58.2 cm³/mol. The Morgan fingerprint density at radius 1 is 1.36 bits per heavy atom. The molecule has 0 saturated heterocycles. The molecule has 0 spiro atoms. The third kappa shape index (κ3) is 1.63. The van der Waals surface area contributed by atoms with Crippen LogP contribution in [-0.4, -0.2) is 29.2 Å². The van der Waals surface area contributed by atoms with Crippen LogP contribution in [0.15, 0.2) is 18.2 Å². The van der Waals surface area contributed by atoms with Crippen LogP contribution in [0.1, 0.15) is 11.3 Å². The van der Waals surface area contributed by atoms with Crippen LogP contribution in [0.4, 0.5) is 0 Å². The first-order valence-electron chi connectivity index (χ1n) is 4.75. The van der Waals surface area contributed by atoms with Crippen LogP contribution in [0, 0.1) is 6.92 Å². The van der Waals surface area contributed by atoms with E-state index in [0.29, 0.717) is 0 Å². The summed E-state index contributed by atoms with van der Waals surface area (Å²) in [5.41, 5.74) is 3.49. The Hall–Kier alpha value is -1.35. The fraction of sp³-hybridized carbons (Fsp3) is 0.364. The van der Waals surface area contributed by atoms with Crippen molar-refractivity contribution in [3.63, 3.8) is 0 Å². The first-order chi connectivity index (χ1) is 6.66. The molecule has 0 fully saturated rings. The van der Waals surface area contributed by atoms with Crippen LogP contribution in [-0.2, 0) is 6.54 Å². The number of rotatable bonds is 2. The van der Waals surface area contributed by atoms with E-state index >= 15 is 0 Å². The van der Waals surface area contributed by atoms with Gasteiger partial charge in [-0.15, -0.1) is 0 Å². The Morgan fingerprint density at radius 3 is 2.86 bits per heavy atom. The van der Waals surface area contributed by atoms with Crippen molar-refractivity contribution < 1.29 is 0 Å². The van der Waals surface area contributed by atoms with E-state index in [1.54, 1.807) is 0 Å². The molecular weight excluding hydrogens is 174 g/mol. The van der Waals surface area contributed by atoms with Crippen LogP contribution >= 0.6 is 0 Å². The second-order valence-electron chi connectivity index (χ2n) is 3.96. The average Bonchev–Trinajstić information content (AvgIpc) is 2.47. The molecule has 0 atom stereocenters. The van der Waals surface area contributed by atoms with E-state index in [1.807, 2.05) is 0 Å². The normalized spacial score (nSPS) is 11.4. The molecule has 0 unspecified atom stereocenters. The fourth-order valence-corrected chi connectivity index (χ4v) is 1.61. The Morgan fingerprint density at radius 2 is 2.14 bits per heavy atom. The topological polar surface area (TPSA) is 31.9 Å². The molecule has 3 nitrogen and oxygen atoms in total. The van der Waals surface area contributed by atoms with Crippen molar-refractivity contribution >= 4 is 10.9 Å². The van der Waals surface area contributed by atoms with E-state index < -0.39 is 0 Å². The highest BCUT2D eigenvalue weighted by atomic mass is 15.2. The first kappa shape index (κ1) is 9.21. The first-order valence-corrected chi connectivity index (χ1v) is 4.75. The largest absolute Gasteiger partial charge is 0.304 e. The van der Waals surface area contributed by atoms with Crippen LogP contribution in [0.3, 0.4) is 0 Å². The molecule has 1 N–H and O–H groups in total. The number of aryl methyl sites for hydroxylation is 1. The number of aromatic nitrogens is 2. The summed E-state index contributed by atoms with van der Waals surface area (Å²) >= 11 is 0. The van der Waals surface area contributed by atoms with Gasteiger partial charge in [0.25, 0.3) is 0 Å². The molecule has 2 aromatic rings. The third-order valence-corrected chi connectivity index (χ3v) is 2.26. The molecule has 1 aromatic carbocycles. The average molecular weight is 189 g/mol. The van der Waals surface area contributed by atoms with Gasteiger partial charge in [-0.1, -0.05) is 12.1 Å². The maximum atomic E-state index is 4.28. The lowest BCUT2D eigenvalue weighted by atomic mass is 10.1. The molecule has 1 heterocycles. The molecule has 74 valence electrons. The van der Waals surface area contributed by atoms with Crippen molar-refractivity contribution in [3.05, 3.63) is 29.5 Å². The number of nitrogens with one attached hydrogen (secondary N) is 1. The molecule has 0 radical (unpaired) electrons. The van der Waals surface area contributed by atoms with E-state index in [9.17, 15) is 0 Å². The van der Waals surface area contributed by atoms with Gasteiger partial charge in [-0.3, -0.25) is 5.10 Å². The summed E-state index contributed by atoms with van der Waals surface area (Å²) in [5.74, 6) is 0. The molecule has 2 rings (SSSR count). The lowest BCUT2D eigenvalue weighted by molar-refractivity contribution is 0.398. The van der Waals surface area contributed by atoms with Crippen molar-refractivity contribution in [3.8, 4) is 0 Å². The summed E-state index contributed by atoms with van der Waals surface area (Å²) in [6.45, 7) is 2.99. The van der Waals surface area contributed by atoms with Gasteiger partial charge in [0.05, 0.1) is 11.2 Å². The van der Waals surface area contributed by atoms with Crippen molar-refractivity contribution in [1.82, 2.24) is 15.1 Å². The summed E-state index contributed by atoms with van der Waals surface area (Å²) in [6, 6.07) is 6.36. The zero-order valence-corrected chi connectivity index (χ0v) is 8.83. The lowest BCUT2D eigenvalue weighted by Crippen LogP contribution is -2.11. The van der Waals surface area contributed by atoms with Gasteiger partial charge in [-0.05, 0) is 32.6 Å². The van der Waals surface area contributed by atoms with Crippen LogP contribution in [0.5, 0.6) is 0 Å². The van der Waals surface area contributed by atoms with Gasteiger partial charge >= 0.3 is 0 Å². The number of fused-ring (bicyclic) bond motifs is 1. The molecule has 0 bridgehead atoms. The van der Waals surface area contributed by atoms with Crippen LogP contribution < -0.4 is 0 Å². The molecule has 0 amide bonds. The molecule has 1 aromatic heterocycles. The molecule has 3 heteroatoms. The Labute approximate surface area is 83.7 Å². The van der Waals surface area contributed by atoms with Crippen molar-refractivity contribution in [2.24, 2.45) is 0 Å². The summed E-state index contributed by atoms with van der Waals surface area (Å²) in [5, 5.41) is 8.59. The molecule has 0 aliphatic rings. The second kappa shape index (κ2) is 3.42. The van der Waals surface area contributed by atoms with Gasteiger partial charge in [0.1, 0.15) is 0 Å². The highest BCUT2D eigenvalue weighted by molar-refractivity contribution is 5.81. The molecule has 0 aliphatic carbocycles. The maximum absolute atomic E-state index is 4.28. The van der Waals surface area contributed by atoms with Crippen molar-refractivity contribution in [2.75, 3.05) is 14.1 Å². The van der Waals surface area contributed by atoms with Gasteiger partial charge in [-0.2, -0.15) is 5.10 Å². The van der Waals surface area contributed by atoms with Gasteiger partial charge < -0.3 is 4.90 Å². The number of aromatic amines is 1. The standard InChI is InChI=1S/C11H15N3/c1-8-4-5-9-10(6-8)12-13-11(9)7-14(2)3/h4-6H,7H2,1-3H3,(H,12,13). The maximum Gasteiger partial charge on any atom is 0.0926 e. The van der Waals surface area contributed by atoms with Crippen LogP contribution in [0.2, 0.25) is 0 Å². The number of hydrogen-bond acceptors (Lipinski definition) is 2. The Bertz CT molecular complexity index is 443. The van der Waals surface area contributed by atoms with E-state index in [0.717, 1.165) is 12.1 Å². The summed E-state index contributed by atoms with van der Waals surface area (Å²) < 4.78 is 0. The summed E-state index contributed by atoms with van der Waals surface area (Å²) in [6.07, 6.45) is 0. The Kier molecular flexibility index (Phi) is 2.25. The monoisotopic (exact) mass is 189 g/mol. The molecular formula is C11H15N3. The minimum Gasteiger partial charge on any atom is -0.304 e. The Balaban J connectivity index is 2.47. The van der Waals surface area contributed by atoms with Crippen molar-refractivity contribution in [2.45, 2.75) is 13.5 Å². The quantitative estimate of drug-likeness (QED) is 0.782. The van der Waals surface area contributed by atoms with Gasteiger partial charge in [0.2, 0.25) is 0 Å². The van der Waals surface area contributed by atoms with Crippen molar-refractivity contribution in [1.29, 1.82) is 0 Å². The number of H-pyrrole nitrogens is 1. The van der Waals surface area contributed by atoms with Gasteiger partial charge in [0.15, 0.2) is 0 Å². The molecule has 0 saturated carbocycles. The summed E-state index contributed by atoms with van der Waals surface area (Å²) in [4.78, 5) is 2.13. The van der Waals surface area contributed by atoms with E-state index in [1.165, 1.54) is 16.6 Å². The highest BCUT2D eigenvalue weighted by Crippen LogP contribution is 2.17. The smallest absolute Gasteiger partial charge is 0.0926 e. The van der Waals surface area contributed by atoms with Gasteiger partial charge in [0, 0.05) is 11.9 Å². The number of nitrogens with zero attached hydrogens (tertiary/aromatic N) is 2. The van der Waals surface area contributed by atoms with Crippen LogP contribution in [0.25, 0.3) is 10.9 Å². The van der Waals surface area contributed by atoms with Gasteiger partial charge in [-0.25, -0.2) is 0 Å². The number of benzene rings is 1. The molecule has 14 heavy (non-hydrogen) atoms. The minimum absolute atomic E-state index is 0.902. The number of hydrogen-bond donors (Lipinski definition) is 1. The zero-order chi connectivity index (χ0) is 10.1. The van der Waals surface area contributed by atoms with E-state index in [4.69, 9.17) is 0 Å². The van der Waals surface area contributed by atoms with E-state index in [2.05, 4.69) is 54.3 Å². The SMILES string of the molecule is Cc1ccc2c(CN(C)C)[nH]nc2c1. The van der Waals surface area contributed by atoms with E-state index in [-0.39, 0.29) is 0 Å². The molecule has 0 aliphatic heterocycles. The zero-order valence-electron chi connectivity index (χ0n) is 8.83. The predicted octanol–water partition coefficient (Wildman–Crippen LogP) is 1.93. The fourth-order valence-electron chi connectivity index (χ4n) is 1.61. The summed E-state index contributed by atoms with van der Waals surface area (Å²) in [7, 11) is 4.11. The second-order valence-corrected chi connectivity index (χ2v) is 3.96. The lowest BCUT2D eigenvalue weighted by Gasteiger charge is -2.07. The third-order valence-electron chi connectivity index (χ3n) is 2.26.